The Morgan fingerprint density at radius 2 is 2.39 bits per heavy atom. The van der Waals surface area contributed by atoms with Crippen LogP contribution in [0.15, 0.2) is 18.3 Å². The fraction of sp³-hybridized carbons (Fsp3) is 0.385. The molecule has 1 aromatic heterocycles. The lowest BCUT2D eigenvalue weighted by atomic mass is 10.2. The second kappa shape index (κ2) is 7.43. The third-order valence-corrected chi connectivity index (χ3v) is 2.11. The number of rotatable bonds is 4. The average Bonchev–Trinajstić information content (AvgIpc) is 2.42. The molecule has 96 valence electrons. The molecule has 1 aromatic rings. The zero-order valence-corrected chi connectivity index (χ0v) is 10.2. The summed E-state index contributed by atoms with van der Waals surface area (Å²) in [6.07, 6.45) is 1.29. The molecule has 1 heterocycles. The molecule has 0 bridgehead atoms. The summed E-state index contributed by atoms with van der Waals surface area (Å²) < 4.78 is 0. The molecular formula is C13H16N2O3. The van der Waals surface area contributed by atoms with Gasteiger partial charge in [-0.2, -0.15) is 0 Å². The van der Waals surface area contributed by atoms with Gasteiger partial charge in [0, 0.05) is 24.7 Å². The van der Waals surface area contributed by atoms with E-state index in [1.54, 1.807) is 12.1 Å². The normalized spacial score (nSPS) is 11.3. The lowest BCUT2D eigenvalue weighted by molar-refractivity contribution is 0.0799. The van der Waals surface area contributed by atoms with Crippen LogP contribution in [0.2, 0.25) is 0 Å². The van der Waals surface area contributed by atoms with Crippen LogP contribution in [-0.2, 0) is 0 Å². The molecule has 3 N–H and O–H groups in total. The summed E-state index contributed by atoms with van der Waals surface area (Å²) in [7, 11) is 0. The quantitative estimate of drug-likeness (QED) is 0.651. The van der Waals surface area contributed by atoms with E-state index in [1.807, 2.05) is 6.92 Å². The molecule has 5 nitrogen and oxygen atoms in total. The summed E-state index contributed by atoms with van der Waals surface area (Å²) in [5.41, 5.74) is 0.961. The molecular weight excluding hydrogens is 232 g/mol. The molecule has 0 saturated carbocycles. The Morgan fingerprint density at radius 3 is 3.06 bits per heavy atom. The largest absolute Gasteiger partial charge is 0.394 e. The van der Waals surface area contributed by atoms with E-state index in [4.69, 9.17) is 10.2 Å². The highest BCUT2D eigenvalue weighted by Crippen LogP contribution is 2.00. The van der Waals surface area contributed by atoms with Gasteiger partial charge in [0.05, 0.1) is 12.7 Å². The number of aliphatic hydroxyl groups excluding tert-OH is 2. The van der Waals surface area contributed by atoms with Gasteiger partial charge in [0.1, 0.15) is 5.69 Å². The summed E-state index contributed by atoms with van der Waals surface area (Å²) in [5.74, 6) is 5.41. The number of aliphatic hydroxyl groups is 2. The molecule has 0 aromatic carbocycles. The van der Waals surface area contributed by atoms with Crippen molar-refractivity contribution in [3.05, 3.63) is 29.6 Å². The van der Waals surface area contributed by atoms with E-state index in [0.717, 1.165) is 12.0 Å². The Morgan fingerprint density at radius 1 is 1.61 bits per heavy atom. The second-order valence-electron chi connectivity index (χ2n) is 3.63. The van der Waals surface area contributed by atoms with Crippen LogP contribution in [0, 0.1) is 11.8 Å². The third kappa shape index (κ3) is 4.53. The van der Waals surface area contributed by atoms with Gasteiger partial charge in [-0.25, -0.2) is 0 Å². The van der Waals surface area contributed by atoms with Crippen LogP contribution in [0.1, 0.15) is 29.4 Å². The molecule has 0 aliphatic carbocycles. The summed E-state index contributed by atoms with van der Waals surface area (Å²) in [5, 5.41) is 20.2. The lowest BCUT2D eigenvalue weighted by Crippen LogP contribution is -2.34. The Bertz CT molecular complexity index is 463. The van der Waals surface area contributed by atoms with Gasteiger partial charge in [0.25, 0.3) is 5.91 Å². The number of hydrogen-bond acceptors (Lipinski definition) is 4. The Kier molecular flexibility index (Phi) is 5.85. The van der Waals surface area contributed by atoms with Gasteiger partial charge >= 0.3 is 0 Å². The van der Waals surface area contributed by atoms with Crippen LogP contribution in [-0.4, -0.2) is 40.4 Å². The van der Waals surface area contributed by atoms with Gasteiger partial charge in [-0.3, -0.25) is 9.78 Å². The topological polar surface area (TPSA) is 82.5 Å². The molecule has 0 fully saturated rings. The predicted octanol–water partition coefficient (Wildman–Crippen LogP) is -0.0739. The highest BCUT2D eigenvalue weighted by atomic mass is 16.3. The highest BCUT2D eigenvalue weighted by molar-refractivity contribution is 5.92. The number of carbonyl (C=O) groups is 1. The Balaban J connectivity index is 2.68. The molecule has 0 saturated heterocycles. The fourth-order valence-electron chi connectivity index (χ4n) is 1.19. The van der Waals surface area contributed by atoms with Crippen molar-refractivity contribution >= 4 is 5.91 Å². The highest BCUT2D eigenvalue weighted by Gasteiger charge is 2.09. The first-order chi connectivity index (χ1) is 8.67. The number of hydrogen-bond donors (Lipinski definition) is 3. The summed E-state index contributed by atoms with van der Waals surface area (Å²) in [6.45, 7) is 1.54. The van der Waals surface area contributed by atoms with Crippen molar-refractivity contribution < 1.29 is 15.0 Å². The van der Waals surface area contributed by atoms with Gasteiger partial charge in [0.2, 0.25) is 0 Å². The van der Waals surface area contributed by atoms with E-state index < -0.39 is 18.6 Å². The standard InChI is InChI=1S/C13H16N2O3/c1-2-3-4-10-5-6-14-12(7-10)13(18)15-8-11(17)9-16/h5-7,11,16-17H,2,8-9H2,1H3,(H,15,18). The number of nitrogens with zero attached hydrogens (tertiary/aromatic N) is 1. The monoisotopic (exact) mass is 248 g/mol. The number of nitrogens with one attached hydrogen (secondary N) is 1. The zero-order chi connectivity index (χ0) is 13.4. The van der Waals surface area contributed by atoms with Crippen LogP contribution < -0.4 is 5.32 Å². The Labute approximate surface area is 106 Å². The van der Waals surface area contributed by atoms with Crippen LogP contribution in [0.4, 0.5) is 0 Å². The van der Waals surface area contributed by atoms with Gasteiger partial charge in [0.15, 0.2) is 0 Å². The van der Waals surface area contributed by atoms with E-state index >= 15 is 0 Å². The van der Waals surface area contributed by atoms with E-state index in [-0.39, 0.29) is 12.2 Å². The van der Waals surface area contributed by atoms with E-state index in [9.17, 15) is 4.79 Å². The van der Waals surface area contributed by atoms with Crippen molar-refractivity contribution in [2.75, 3.05) is 13.2 Å². The summed E-state index contributed by atoms with van der Waals surface area (Å²) >= 11 is 0. The van der Waals surface area contributed by atoms with Gasteiger partial charge in [-0.15, -0.1) is 0 Å². The minimum absolute atomic E-state index is 0.0120. The van der Waals surface area contributed by atoms with Gasteiger partial charge in [-0.05, 0) is 12.1 Å². The third-order valence-electron chi connectivity index (χ3n) is 2.11. The number of amides is 1. The maximum absolute atomic E-state index is 11.7. The number of carbonyl (C=O) groups excluding carboxylic acids is 1. The molecule has 5 heteroatoms. The molecule has 0 aliphatic rings. The van der Waals surface area contributed by atoms with Crippen LogP contribution in [0.5, 0.6) is 0 Å². The molecule has 0 spiro atoms. The molecule has 18 heavy (non-hydrogen) atoms. The SMILES string of the molecule is CCC#Cc1ccnc(C(=O)NCC(O)CO)c1. The average molecular weight is 248 g/mol. The van der Waals surface area contributed by atoms with Crippen LogP contribution in [0.3, 0.4) is 0 Å². The fourth-order valence-corrected chi connectivity index (χ4v) is 1.19. The van der Waals surface area contributed by atoms with Gasteiger partial charge in [-0.1, -0.05) is 18.8 Å². The Hall–Kier alpha value is -1.90. The number of aromatic nitrogens is 1. The minimum atomic E-state index is -0.961. The van der Waals surface area contributed by atoms with Crippen molar-refractivity contribution in [2.24, 2.45) is 0 Å². The van der Waals surface area contributed by atoms with E-state index in [1.165, 1.54) is 6.20 Å². The summed E-state index contributed by atoms with van der Waals surface area (Å²) in [6, 6.07) is 3.31. The predicted molar refractivity (Wildman–Crippen MR) is 66.8 cm³/mol. The second-order valence-corrected chi connectivity index (χ2v) is 3.63. The first-order valence-corrected chi connectivity index (χ1v) is 5.69. The first-order valence-electron chi connectivity index (χ1n) is 5.69. The smallest absolute Gasteiger partial charge is 0.270 e. The molecule has 1 rings (SSSR count). The summed E-state index contributed by atoms with van der Waals surface area (Å²) in [4.78, 5) is 15.6. The molecule has 1 amide bonds. The van der Waals surface area contributed by atoms with Crippen molar-refractivity contribution in [3.8, 4) is 11.8 Å². The lowest BCUT2D eigenvalue weighted by Gasteiger charge is -2.08. The molecule has 0 radical (unpaired) electrons. The van der Waals surface area contributed by atoms with Crippen molar-refractivity contribution in [3.63, 3.8) is 0 Å². The van der Waals surface area contributed by atoms with Gasteiger partial charge < -0.3 is 15.5 Å². The first kappa shape index (κ1) is 14.2. The van der Waals surface area contributed by atoms with E-state index in [2.05, 4.69) is 22.1 Å². The molecule has 0 aliphatic heterocycles. The van der Waals surface area contributed by atoms with E-state index in [0.29, 0.717) is 0 Å². The molecule has 1 unspecified atom stereocenters. The number of pyridine rings is 1. The van der Waals surface area contributed by atoms with Crippen LogP contribution >= 0.6 is 0 Å². The van der Waals surface area contributed by atoms with Crippen molar-refractivity contribution in [1.29, 1.82) is 0 Å². The zero-order valence-electron chi connectivity index (χ0n) is 10.2. The van der Waals surface area contributed by atoms with Crippen molar-refractivity contribution in [2.45, 2.75) is 19.4 Å². The maximum atomic E-state index is 11.7. The molecule has 1 atom stereocenters. The minimum Gasteiger partial charge on any atom is -0.394 e. The maximum Gasteiger partial charge on any atom is 0.270 e. The van der Waals surface area contributed by atoms with Crippen LogP contribution in [0.25, 0.3) is 0 Å². The van der Waals surface area contributed by atoms with Crippen molar-refractivity contribution in [1.82, 2.24) is 10.3 Å².